The predicted octanol–water partition coefficient (Wildman–Crippen LogP) is 4.28. The molecular weight excluding hydrogens is 360 g/mol. The lowest BCUT2D eigenvalue weighted by Crippen LogP contribution is -2.22. The van der Waals surface area contributed by atoms with Crippen LogP contribution in [0, 0.1) is 0 Å². The lowest BCUT2D eigenvalue weighted by atomic mass is 9.90. The van der Waals surface area contributed by atoms with Gasteiger partial charge >= 0.3 is 0 Å². The number of carbonyl (C=O) groups is 2. The Kier molecular flexibility index (Phi) is 3.86. The third-order valence-electron chi connectivity index (χ3n) is 4.17. The van der Waals surface area contributed by atoms with Gasteiger partial charge in [0.05, 0.1) is 17.9 Å². The fourth-order valence-electron chi connectivity index (χ4n) is 2.99. The highest BCUT2D eigenvalue weighted by molar-refractivity contribution is 7.19. The van der Waals surface area contributed by atoms with Gasteiger partial charge in [0.25, 0.3) is 0 Å². The Balaban J connectivity index is 1.80. The van der Waals surface area contributed by atoms with Gasteiger partial charge in [0, 0.05) is 22.6 Å². The van der Waals surface area contributed by atoms with Crippen molar-refractivity contribution in [2.75, 3.05) is 11.1 Å². The summed E-state index contributed by atoms with van der Waals surface area (Å²) in [6.07, 6.45) is 1.79. The van der Waals surface area contributed by atoms with E-state index < -0.39 is 0 Å². The summed E-state index contributed by atoms with van der Waals surface area (Å²) >= 11 is 7.07. The quantitative estimate of drug-likeness (QED) is 0.672. The summed E-state index contributed by atoms with van der Waals surface area (Å²) in [5, 5.41) is 3.97. The van der Waals surface area contributed by atoms with Crippen LogP contribution in [0.3, 0.4) is 0 Å². The molecule has 0 unspecified atom stereocenters. The molecule has 2 aromatic heterocycles. The fraction of sp³-hybridized carbons (Fsp3) is 0.111. The fourth-order valence-corrected chi connectivity index (χ4v) is 4.28. The molecule has 0 aliphatic carbocycles. The maximum Gasteiger partial charge on any atom is 0.226 e. The Morgan fingerprint density at radius 3 is 2.72 bits per heavy atom. The summed E-state index contributed by atoms with van der Waals surface area (Å²) < 4.78 is 5.47. The van der Waals surface area contributed by atoms with Gasteiger partial charge in [0.2, 0.25) is 11.7 Å². The van der Waals surface area contributed by atoms with Crippen molar-refractivity contribution in [3.05, 3.63) is 69.4 Å². The highest BCUT2D eigenvalue weighted by atomic mass is 35.5. The second-order valence-electron chi connectivity index (χ2n) is 5.74. The third kappa shape index (κ3) is 2.73. The van der Waals surface area contributed by atoms with Crippen LogP contribution in [0.1, 0.15) is 38.9 Å². The van der Waals surface area contributed by atoms with Crippen molar-refractivity contribution in [3.63, 3.8) is 0 Å². The zero-order valence-corrected chi connectivity index (χ0v) is 14.5. The summed E-state index contributed by atoms with van der Waals surface area (Å²) in [4.78, 5) is 25.3. The minimum Gasteiger partial charge on any atom is -0.469 e. The molecule has 25 heavy (non-hydrogen) atoms. The molecule has 0 saturated heterocycles. The Morgan fingerprint density at radius 1 is 1.28 bits per heavy atom. The van der Waals surface area contributed by atoms with Crippen LogP contribution in [0.15, 0.2) is 47.1 Å². The van der Waals surface area contributed by atoms with Gasteiger partial charge in [0.1, 0.15) is 15.6 Å². The first-order valence-corrected chi connectivity index (χ1v) is 8.79. The Labute approximate surface area is 152 Å². The van der Waals surface area contributed by atoms with Crippen molar-refractivity contribution in [2.45, 2.75) is 12.3 Å². The van der Waals surface area contributed by atoms with Crippen molar-refractivity contribution < 1.29 is 14.0 Å². The van der Waals surface area contributed by atoms with Gasteiger partial charge in [-0.25, -0.2) is 0 Å². The number of nitrogens with two attached hydrogens (primary N) is 1. The number of hydrogen-bond acceptors (Lipinski definition) is 5. The Bertz CT molecular complexity index is 961. The minimum absolute atomic E-state index is 0.124. The first kappa shape index (κ1) is 15.9. The van der Waals surface area contributed by atoms with Gasteiger partial charge in [-0.1, -0.05) is 11.6 Å². The molecule has 3 N–H and O–H groups in total. The van der Waals surface area contributed by atoms with E-state index in [1.807, 2.05) is 6.07 Å². The average Bonchev–Trinajstić information content (AvgIpc) is 3.23. The molecule has 5 nitrogen and oxygen atoms in total. The molecule has 3 aromatic rings. The molecule has 0 spiro atoms. The van der Waals surface area contributed by atoms with E-state index in [2.05, 4.69) is 5.32 Å². The van der Waals surface area contributed by atoms with Gasteiger partial charge in [-0.3, -0.25) is 9.59 Å². The highest BCUT2D eigenvalue weighted by Crippen LogP contribution is 2.47. The molecule has 0 bridgehead atoms. The maximum absolute atomic E-state index is 12.8. The van der Waals surface area contributed by atoms with E-state index in [0.717, 1.165) is 5.56 Å². The number of anilines is 2. The van der Waals surface area contributed by atoms with Gasteiger partial charge in [-0.05, 0) is 36.4 Å². The molecule has 1 aliphatic heterocycles. The highest BCUT2D eigenvalue weighted by Gasteiger charge is 2.35. The minimum atomic E-state index is -0.290. The van der Waals surface area contributed by atoms with Crippen LogP contribution < -0.4 is 11.1 Å². The van der Waals surface area contributed by atoms with Crippen LogP contribution in [0.5, 0.6) is 0 Å². The van der Waals surface area contributed by atoms with Crippen molar-refractivity contribution in [2.24, 2.45) is 0 Å². The first-order valence-electron chi connectivity index (χ1n) is 7.60. The first-order chi connectivity index (χ1) is 12.0. The molecule has 3 heterocycles. The van der Waals surface area contributed by atoms with E-state index in [1.165, 1.54) is 11.3 Å². The SMILES string of the molecule is Nc1c(C(=O)c2ccc(Cl)cc2)sc2c1[C@@H](c1ccco1)CC(=O)N2. The molecule has 1 aliphatic rings. The molecule has 1 aromatic carbocycles. The number of hydrogen-bond donors (Lipinski definition) is 2. The number of furan rings is 1. The van der Waals surface area contributed by atoms with Crippen molar-refractivity contribution in [1.29, 1.82) is 0 Å². The van der Waals surface area contributed by atoms with Gasteiger partial charge in [0.15, 0.2) is 0 Å². The number of ketones is 1. The smallest absolute Gasteiger partial charge is 0.226 e. The topological polar surface area (TPSA) is 85.3 Å². The number of nitrogen functional groups attached to an aromatic ring is 1. The summed E-state index contributed by atoms with van der Waals surface area (Å²) in [6, 6.07) is 10.2. The second kappa shape index (κ2) is 6.06. The molecule has 0 saturated carbocycles. The zero-order chi connectivity index (χ0) is 17.6. The molecule has 4 rings (SSSR count). The maximum atomic E-state index is 12.8. The third-order valence-corrected chi connectivity index (χ3v) is 5.56. The predicted molar refractivity (Wildman–Crippen MR) is 97.4 cm³/mol. The van der Waals surface area contributed by atoms with Crippen molar-refractivity contribution >= 4 is 45.3 Å². The van der Waals surface area contributed by atoms with E-state index in [-0.39, 0.29) is 24.0 Å². The van der Waals surface area contributed by atoms with Crippen LogP contribution >= 0.6 is 22.9 Å². The van der Waals surface area contributed by atoms with E-state index in [4.69, 9.17) is 21.8 Å². The molecule has 0 fully saturated rings. The summed E-state index contributed by atoms with van der Waals surface area (Å²) in [7, 11) is 0. The zero-order valence-electron chi connectivity index (χ0n) is 12.9. The van der Waals surface area contributed by atoms with E-state index in [0.29, 0.717) is 31.9 Å². The number of rotatable bonds is 3. The van der Waals surface area contributed by atoms with Crippen LogP contribution in [0.4, 0.5) is 10.7 Å². The molecule has 126 valence electrons. The van der Waals surface area contributed by atoms with Crippen LogP contribution in [0.2, 0.25) is 5.02 Å². The second-order valence-corrected chi connectivity index (χ2v) is 7.20. The van der Waals surface area contributed by atoms with Crippen LogP contribution in [-0.4, -0.2) is 11.7 Å². The normalized spacial score (nSPS) is 16.4. The monoisotopic (exact) mass is 372 g/mol. The number of fused-ring (bicyclic) bond motifs is 1. The summed E-state index contributed by atoms with van der Waals surface area (Å²) in [5.74, 6) is 0.0505. The molecule has 1 amide bonds. The Morgan fingerprint density at radius 2 is 2.04 bits per heavy atom. The van der Waals surface area contributed by atoms with Crippen molar-refractivity contribution in [3.8, 4) is 0 Å². The van der Waals surface area contributed by atoms with Crippen LogP contribution in [0.25, 0.3) is 0 Å². The van der Waals surface area contributed by atoms with Gasteiger partial charge in [-0.15, -0.1) is 11.3 Å². The summed E-state index contributed by atoms with van der Waals surface area (Å²) in [5.41, 5.74) is 7.94. The molecular formula is C18H13ClN2O3S. The average molecular weight is 373 g/mol. The molecule has 1 atom stereocenters. The van der Waals surface area contributed by atoms with E-state index >= 15 is 0 Å². The number of halogens is 1. The van der Waals surface area contributed by atoms with Gasteiger partial charge in [-0.2, -0.15) is 0 Å². The number of thiophene rings is 1. The van der Waals surface area contributed by atoms with Gasteiger partial charge < -0.3 is 15.5 Å². The number of benzene rings is 1. The number of carbonyl (C=O) groups excluding carboxylic acids is 2. The summed E-state index contributed by atoms with van der Waals surface area (Å²) in [6.45, 7) is 0. The standard InChI is InChI=1S/C18H13ClN2O3S/c19-10-5-3-9(4-6-10)16(23)17-15(20)14-11(12-2-1-7-24-12)8-13(22)21-18(14)25-17/h1-7,11H,8,20H2,(H,21,22)/t11-/m1/s1. The molecule has 7 heteroatoms. The Hall–Kier alpha value is -2.57. The largest absolute Gasteiger partial charge is 0.469 e. The number of nitrogens with one attached hydrogen (secondary N) is 1. The van der Waals surface area contributed by atoms with E-state index in [1.54, 1.807) is 36.6 Å². The van der Waals surface area contributed by atoms with Crippen molar-refractivity contribution in [1.82, 2.24) is 0 Å². The molecule has 0 radical (unpaired) electrons. The van der Waals surface area contributed by atoms with Crippen LogP contribution in [-0.2, 0) is 4.79 Å². The lowest BCUT2D eigenvalue weighted by molar-refractivity contribution is -0.116. The number of amides is 1. The van der Waals surface area contributed by atoms with E-state index in [9.17, 15) is 9.59 Å². The lowest BCUT2D eigenvalue weighted by Gasteiger charge is -2.21.